The van der Waals surface area contributed by atoms with Gasteiger partial charge in [0.15, 0.2) is 0 Å². The first kappa shape index (κ1) is 15.8. The first-order valence-electron chi connectivity index (χ1n) is 6.68. The van der Waals surface area contributed by atoms with Gasteiger partial charge in [-0.1, -0.05) is 23.2 Å². The van der Waals surface area contributed by atoms with Crippen LogP contribution in [0.3, 0.4) is 0 Å². The van der Waals surface area contributed by atoms with Crippen LogP contribution >= 0.6 is 23.2 Å². The zero-order valence-corrected chi connectivity index (χ0v) is 13.5. The van der Waals surface area contributed by atoms with Crippen LogP contribution in [0.25, 0.3) is 0 Å². The number of benzodiazepines with no additional fused rings is 1. The van der Waals surface area contributed by atoms with Gasteiger partial charge in [0.05, 0.1) is 21.4 Å². The zero-order valence-electron chi connectivity index (χ0n) is 12.0. The zero-order chi connectivity index (χ0) is 16.7. The fourth-order valence-corrected chi connectivity index (χ4v) is 2.83. The molecule has 0 spiro atoms. The topological polar surface area (TPSA) is 52.9 Å². The molecule has 0 aromatic heterocycles. The number of carbonyl (C=O) groups excluding carboxylic acids is 1. The highest BCUT2D eigenvalue weighted by molar-refractivity contribution is 6.45. The first-order chi connectivity index (χ1) is 10.9. The molecular weight excluding hydrogens is 342 g/mol. The Morgan fingerprint density at radius 2 is 2.00 bits per heavy atom. The molecule has 23 heavy (non-hydrogen) atoms. The Hall–Kier alpha value is -2.11. The molecule has 0 saturated carbocycles. The second-order valence-electron chi connectivity index (χ2n) is 5.04. The molecule has 2 aromatic rings. The lowest BCUT2D eigenvalue weighted by Crippen LogP contribution is -2.27. The summed E-state index contributed by atoms with van der Waals surface area (Å²) in [6.07, 6.45) is 0. The van der Waals surface area contributed by atoms with Crippen LogP contribution in [0, 0.1) is 5.82 Å². The Morgan fingerprint density at radius 1 is 1.26 bits per heavy atom. The monoisotopic (exact) mass is 352 g/mol. The summed E-state index contributed by atoms with van der Waals surface area (Å²) in [7, 11) is 1.59. The summed E-state index contributed by atoms with van der Waals surface area (Å²) in [6, 6.07) is 6.79. The van der Waals surface area contributed by atoms with Crippen molar-refractivity contribution < 1.29 is 14.3 Å². The number of carbonyl (C=O) groups is 1. The summed E-state index contributed by atoms with van der Waals surface area (Å²) < 4.78 is 14.2. The van der Waals surface area contributed by atoms with Crippen molar-refractivity contribution in [3.8, 4) is 5.75 Å². The van der Waals surface area contributed by atoms with Crippen LogP contribution in [0.5, 0.6) is 5.75 Å². The standard InChI is InChI=1S/C16H11Cl2FN2O2/c1-21-12-5-3-10(17)15(18)14(12)16(20-7-13(21)23)9-6-8(22)2-4-11(9)19/h2-6,22H,7H2,1H3. The van der Waals surface area contributed by atoms with E-state index in [4.69, 9.17) is 23.2 Å². The highest BCUT2D eigenvalue weighted by Gasteiger charge is 2.27. The summed E-state index contributed by atoms with van der Waals surface area (Å²) in [6.45, 7) is -0.163. The Balaban J connectivity index is 2.34. The van der Waals surface area contributed by atoms with Crippen molar-refractivity contribution in [3.05, 3.63) is 57.3 Å². The number of amides is 1. The summed E-state index contributed by atoms with van der Waals surface area (Å²) in [5.41, 5.74) is 1.07. The molecular formula is C16H11Cl2FN2O2. The van der Waals surface area contributed by atoms with Crippen molar-refractivity contribution in [1.29, 1.82) is 0 Å². The highest BCUT2D eigenvalue weighted by atomic mass is 35.5. The van der Waals surface area contributed by atoms with Gasteiger partial charge in [0.2, 0.25) is 5.91 Å². The minimum Gasteiger partial charge on any atom is -0.508 e. The molecule has 4 nitrogen and oxygen atoms in total. The lowest BCUT2D eigenvalue weighted by Gasteiger charge is -2.19. The van der Waals surface area contributed by atoms with Gasteiger partial charge in [0, 0.05) is 18.2 Å². The number of phenols is 1. The molecule has 0 atom stereocenters. The van der Waals surface area contributed by atoms with Gasteiger partial charge in [-0.25, -0.2) is 4.39 Å². The summed E-state index contributed by atoms with van der Waals surface area (Å²) in [4.78, 5) is 17.7. The van der Waals surface area contributed by atoms with Crippen LogP contribution in [0.4, 0.5) is 10.1 Å². The second-order valence-corrected chi connectivity index (χ2v) is 5.82. The molecule has 2 aromatic carbocycles. The van der Waals surface area contributed by atoms with Crippen LogP contribution in [-0.2, 0) is 4.79 Å². The molecule has 3 rings (SSSR count). The van der Waals surface area contributed by atoms with Crippen LogP contribution < -0.4 is 4.90 Å². The number of nitrogens with zero attached hydrogens (tertiary/aromatic N) is 2. The third kappa shape index (κ3) is 2.66. The van der Waals surface area contributed by atoms with Gasteiger partial charge < -0.3 is 10.0 Å². The van der Waals surface area contributed by atoms with E-state index < -0.39 is 5.82 Å². The van der Waals surface area contributed by atoms with Crippen LogP contribution in [0.15, 0.2) is 35.3 Å². The Kier molecular flexibility index (Phi) is 4.00. The number of aromatic hydroxyl groups is 1. The number of hydrogen-bond acceptors (Lipinski definition) is 3. The molecule has 1 aliphatic heterocycles. The molecule has 1 N–H and O–H groups in total. The van der Waals surface area contributed by atoms with Crippen molar-refractivity contribution >= 4 is 40.5 Å². The maximum absolute atomic E-state index is 14.2. The van der Waals surface area contributed by atoms with E-state index in [0.717, 1.165) is 6.07 Å². The van der Waals surface area contributed by atoms with Gasteiger partial charge in [-0.3, -0.25) is 9.79 Å². The number of anilines is 1. The second kappa shape index (κ2) is 5.83. The van der Waals surface area contributed by atoms with Gasteiger partial charge in [-0.15, -0.1) is 0 Å². The number of rotatable bonds is 1. The summed E-state index contributed by atoms with van der Waals surface area (Å²) in [5.74, 6) is -0.964. The lowest BCUT2D eigenvalue weighted by molar-refractivity contribution is -0.116. The number of phenolic OH excluding ortho intramolecular Hbond substituents is 1. The van der Waals surface area contributed by atoms with Crippen LogP contribution in [0.1, 0.15) is 11.1 Å². The van der Waals surface area contributed by atoms with Gasteiger partial charge in [0.1, 0.15) is 18.1 Å². The van der Waals surface area contributed by atoms with E-state index >= 15 is 0 Å². The number of likely N-dealkylation sites (N-methyl/N-ethyl adjacent to an activating group) is 1. The van der Waals surface area contributed by atoms with Crippen LogP contribution in [-0.4, -0.2) is 30.3 Å². The molecule has 118 valence electrons. The van der Waals surface area contributed by atoms with Gasteiger partial charge in [-0.2, -0.15) is 0 Å². The predicted octanol–water partition coefficient (Wildman–Crippen LogP) is 3.65. The SMILES string of the molecule is CN1C(=O)CN=C(c2cc(O)ccc2F)c2c1ccc(Cl)c2Cl. The van der Waals surface area contributed by atoms with E-state index in [-0.39, 0.29) is 39.5 Å². The fourth-order valence-electron chi connectivity index (χ4n) is 2.43. The van der Waals surface area contributed by atoms with Gasteiger partial charge in [-0.05, 0) is 30.3 Å². The minimum absolute atomic E-state index is 0.0542. The van der Waals surface area contributed by atoms with E-state index in [2.05, 4.69) is 4.99 Å². The quantitative estimate of drug-likeness (QED) is 0.851. The summed E-state index contributed by atoms with van der Waals surface area (Å²) >= 11 is 12.4. The Morgan fingerprint density at radius 3 is 2.74 bits per heavy atom. The highest BCUT2D eigenvalue weighted by Crippen LogP contribution is 2.37. The number of halogens is 3. The molecule has 0 saturated heterocycles. The molecule has 7 heteroatoms. The largest absolute Gasteiger partial charge is 0.508 e. The normalized spacial score (nSPS) is 14.3. The van der Waals surface area contributed by atoms with Crippen molar-refractivity contribution in [2.24, 2.45) is 4.99 Å². The molecule has 1 aliphatic rings. The number of hydrogen-bond donors (Lipinski definition) is 1. The maximum atomic E-state index is 14.2. The molecule has 1 heterocycles. The van der Waals surface area contributed by atoms with Crippen molar-refractivity contribution in [1.82, 2.24) is 0 Å². The van der Waals surface area contributed by atoms with Crippen molar-refractivity contribution in [2.75, 3.05) is 18.5 Å². The van der Waals surface area contributed by atoms with Crippen molar-refractivity contribution in [2.45, 2.75) is 0 Å². The van der Waals surface area contributed by atoms with E-state index in [1.807, 2.05) is 0 Å². The van der Waals surface area contributed by atoms with Crippen molar-refractivity contribution in [3.63, 3.8) is 0 Å². The van der Waals surface area contributed by atoms with E-state index in [9.17, 15) is 14.3 Å². The van der Waals surface area contributed by atoms with Gasteiger partial charge in [0.25, 0.3) is 0 Å². The minimum atomic E-state index is -0.583. The van der Waals surface area contributed by atoms with Crippen LogP contribution in [0.2, 0.25) is 10.0 Å². The molecule has 0 fully saturated rings. The molecule has 0 radical (unpaired) electrons. The number of benzene rings is 2. The smallest absolute Gasteiger partial charge is 0.248 e. The third-order valence-electron chi connectivity index (χ3n) is 3.62. The first-order valence-corrected chi connectivity index (χ1v) is 7.44. The number of aliphatic imine (C=N–C) groups is 1. The predicted molar refractivity (Wildman–Crippen MR) is 88.4 cm³/mol. The van der Waals surface area contributed by atoms with E-state index in [0.29, 0.717) is 11.3 Å². The van der Waals surface area contributed by atoms with E-state index in [1.54, 1.807) is 19.2 Å². The lowest BCUT2D eigenvalue weighted by atomic mass is 9.99. The molecule has 0 bridgehead atoms. The molecule has 0 aliphatic carbocycles. The third-order valence-corrected chi connectivity index (χ3v) is 4.43. The molecule has 0 unspecified atom stereocenters. The number of fused-ring (bicyclic) bond motifs is 1. The maximum Gasteiger partial charge on any atom is 0.248 e. The Labute approximate surface area is 141 Å². The molecule has 1 amide bonds. The summed E-state index contributed by atoms with van der Waals surface area (Å²) in [5, 5.41) is 10.1. The van der Waals surface area contributed by atoms with Gasteiger partial charge >= 0.3 is 0 Å². The van der Waals surface area contributed by atoms with E-state index in [1.165, 1.54) is 17.0 Å². The fraction of sp³-hybridized carbons (Fsp3) is 0.125. The Bertz CT molecular complexity index is 852. The average Bonchev–Trinajstić information content (AvgIpc) is 2.64. The average molecular weight is 353 g/mol.